The highest BCUT2D eigenvalue weighted by Gasteiger charge is 2.68. The van der Waals surface area contributed by atoms with Gasteiger partial charge in [0.25, 0.3) is 0 Å². The highest BCUT2D eigenvalue weighted by atomic mass is 14.7. The summed E-state index contributed by atoms with van der Waals surface area (Å²) in [5.41, 5.74) is 5.14. The van der Waals surface area contributed by atoms with Gasteiger partial charge in [0, 0.05) is 1.43 Å². The van der Waals surface area contributed by atoms with Crippen molar-refractivity contribution in [1.82, 2.24) is 0 Å². The van der Waals surface area contributed by atoms with Crippen LogP contribution in [0.4, 0.5) is 0 Å². The standard InChI is InChI=1S/C28H44.H2/c1-6-20(4)23-10-11-24-22-13-15-26(5)18-19(3)12-17-28(26,21-8-9-21)25(22)14-16-27(23,24)7-2;/h6,21-25H,3,7-18H2,1-2,4-5H3;1H/b20-6+;/t22-,23+,24-,25?,26?,27?,28-;/m0./s1. The number of allylic oxidation sites excluding steroid dienone is 3. The molecule has 0 aliphatic heterocycles. The first-order chi connectivity index (χ1) is 13.4. The second-order valence-electron chi connectivity index (χ2n) is 12.0. The number of hydrogen-bond donors (Lipinski definition) is 0. The van der Waals surface area contributed by atoms with Gasteiger partial charge < -0.3 is 0 Å². The Bertz CT molecular complexity index is 686. The normalized spacial score (nSPS) is 51.4. The lowest BCUT2D eigenvalue weighted by molar-refractivity contribution is -0.167. The molecule has 5 rings (SSSR count). The van der Waals surface area contributed by atoms with Crippen LogP contribution in [-0.2, 0) is 0 Å². The lowest BCUT2D eigenvalue weighted by Gasteiger charge is -2.67. The Morgan fingerprint density at radius 1 is 1.07 bits per heavy atom. The first kappa shape index (κ1) is 19.4. The van der Waals surface area contributed by atoms with Gasteiger partial charge in [-0.15, -0.1) is 0 Å². The molecule has 0 heteroatoms. The molecule has 0 aromatic heterocycles. The molecular weight excluding hydrogens is 336 g/mol. The summed E-state index contributed by atoms with van der Waals surface area (Å²) < 4.78 is 0. The zero-order valence-corrected chi connectivity index (χ0v) is 19.2. The lowest BCUT2D eigenvalue weighted by Crippen LogP contribution is -2.59. The third-order valence-electron chi connectivity index (χ3n) is 11.5. The molecule has 0 nitrogen and oxygen atoms in total. The van der Waals surface area contributed by atoms with E-state index in [0.29, 0.717) is 16.2 Å². The lowest BCUT2D eigenvalue weighted by atomic mass is 9.38. The maximum Gasteiger partial charge on any atom is 0 e. The van der Waals surface area contributed by atoms with Gasteiger partial charge in [-0.2, -0.15) is 0 Å². The topological polar surface area (TPSA) is 0 Å². The molecule has 28 heavy (non-hydrogen) atoms. The molecule has 5 aliphatic rings. The Balaban J connectivity index is 0.00000205. The van der Waals surface area contributed by atoms with Gasteiger partial charge >= 0.3 is 0 Å². The highest BCUT2D eigenvalue weighted by molar-refractivity contribution is 5.23. The molecule has 0 saturated heterocycles. The number of rotatable bonds is 3. The summed E-state index contributed by atoms with van der Waals surface area (Å²) in [5.74, 6) is 5.01. The SMILES string of the molecule is C=C1CC[C@]2(C3CC3)C3CCC4(CC)[C@@H](/C(C)=C/C)CC[C@H]4[C@@H]3CCC2(C)C1.[HH]. The van der Waals surface area contributed by atoms with Crippen LogP contribution in [0.15, 0.2) is 23.8 Å². The minimum Gasteiger partial charge on any atom is -0.0998 e. The third kappa shape index (κ3) is 2.36. The average Bonchev–Trinajstić information content (AvgIpc) is 3.46. The zero-order chi connectivity index (χ0) is 19.7. The molecule has 5 fully saturated rings. The van der Waals surface area contributed by atoms with Crippen molar-refractivity contribution >= 4 is 0 Å². The van der Waals surface area contributed by atoms with E-state index in [1.165, 1.54) is 70.6 Å². The second-order valence-corrected chi connectivity index (χ2v) is 12.0. The van der Waals surface area contributed by atoms with Crippen LogP contribution in [-0.4, -0.2) is 0 Å². The minimum absolute atomic E-state index is 0. The fraction of sp³-hybridized carbons (Fsp3) is 0.857. The maximum atomic E-state index is 4.48. The van der Waals surface area contributed by atoms with E-state index >= 15 is 0 Å². The molecule has 0 radical (unpaired) electrons. The van der Waals surface area contributed by atoms with E-state index in [1.54, 1.807) is 17.6 Å². The Kier molecular flexibility index (Phi) is 4.50. The third-order valence-corrected chi connectivity index (χ3v) is 11.5. The number of hydrogen-bond acceptors (Lipinski definition) is 0. The summed E-state index contributed by atoms with van der Waals surface area (Å²) in [6.07, 6.45) is 20.2. The minimum atomic E-state index is 0. The summed E-state index contributed by atoms with van der Waals surface area (Å²) in [5, 5.41) is 0. The van der Waals surface area contributed by atoms with Crippen LogP contribution < -0.4 is 0 Å². The molecule has 5 aliphatic carbocycles. The predicted octanol–water partition coefficient (Wildman–Crippen LogP) is 8.58. The summed E-state index contributed by atoms with van der Waals surface area (Å²) in [6, 6.07) is 0. The van der Waals surface area contributed by atoms with Crippen molar-refractivity contribution < 1.29 is 1.43 Å². The Morgan fingerprint density at radius 2 is 1.86 bits per heavy atom. The molecule has 0 bridgehead atoms. The quantitative estimate of drug-likeness (QED) is 0.429. The van der Waals surface area contributed by atoms with Crippen LogP contribution in [0.2, 0.25) is 0 Å². The van der Waals surface area contributed by atoms with Gasteiger partial charge in [-0.3, -0.25) is 0 Å². The first-order valence-electron chi connectivity index (χ1n) is 12.7. The average molecular weight is 383 g/mol. The van der Waals surface area contributed by atoms with E-state index in [1.807, 2.05) is 0 Å². The van der Waals surface area contributed by atoms with E-state index in [4.69, 9.17) is 0 Å². The molecule has 158 valence electrons. The Labute approximate surface area is 176 Å². The van der Waals surface area contributed by atoms with Crippen LogP contribution in [0, 0.1) is 45.8 Å². The molecule has 0 aromatic rings. The second kappa shape index (κ2) is 6.49. The predicted molar refractivity (Wildman–Crippen MR) is 122 cm³/mol. The first-order valence-corrected chi connectivity index (χ1v) is 12.7. The van der Waals surface area contributed by atoms with Crippen molar-refractivity contribution in [2.45, 2.75) is 105 Å². The molecule has 0 spiro atoms. The zero-order valence-electron chi connectivity index (χ0n) is 19.2. The van der Waals surface area contributed by atoms with Gasteiger partial charge in [0.05, 0.1) is 0 Å². The molecule has 3 unspecified atom stereocenters. The molecule has 0 aromatic carbocycles. The highest BCUT2D eigenvalue weighted by Crippen LogP contribution is 2.76. The van der Waals surface area contributed by atoms with Gasteiger partial charge in [-0.05, 0) is 137 Å². The van der Waals surface area contributed by atoms with Crippen LogP contribution in [0.1, 0.15) is 106 Å². The van der Waals surface area contributed by atoms with Crippen LogP contribution in [0.5, 0.6) is 0 Å². The van der Waals surface area contributed by atoms with Crippen molar-refractivity contribution in [2.75, 3.05) is 0 Å². The molecule has 5 saturated carbocycles. The summed E-state index contributed by atoms with van der Waals surface area (Å²) in [4.78, 5) is 0. The largest absolute Gasteiger partial charge is 0.0998 e. The van der Waals surface area contributed by atoms with Crippen LogP contribution in [0.3, 0.4) is 0 Å². The molecule has 7 atom stereocenters. The van der Waals surface area contributed by atoms with Gasteiger partial charge in [0.15, 0.2) is 0 Å². The van der Waals surface area contributed by atoms with Crippen molar-refractivity contribution in [2.24, 2.45) is 45.8 Å². The number of fused-ring (bicyclic) bond motifs is 5. The van der Waals surface area contributed by atoms with Gasteiger partial charge in [-0.25, -0.2) is 0 Å². The summed E-state index contributed by atoms with van der Waals surface area (Å²) in [7, 11) is 0. The van der Waals surface area contributed by atoms with Crippen molar-refractivity contribution in [1.29, 1.82) is 0 Å². The van der Waals surface area contributed by atoms with E-state index in [-0.39, 0.29) is 1.43 Å². The van der Waals surface area contributed by atoms with Gasteiger partial charge in [-0.1, -0.05) is 37.6 Å². The summed E-state index contributed by atoms with van der Waals surface area (Å²) in [6.45, 7) is 14.4. The van der Waals surface area contributed by atoms with Crippen LogP contribution >= 0.6 is 0 Å². The van der Waals surface area contributed by atoms with Gasteiger partial charge in [0.2, 0.25) is 0 Å². The molecular formula is C28H46. The van der Waals surface area contributed by atoms with Crippen molar-refractivity contribution in [3.63, 3.8) is 0 Å². The Morgan fingerprint density at radius 3 is 2.54 bits per heavy atom. The fourth-order valence-corrected chi connectivity index (χ4v) is 10.2. The Hall–Kier alpha value is -0.520. The van der Waals surface area contributed by atoms with Gasteiger partial charge in [0.1, 0.15) is 0 Å². The van der Waals surface area contributed by atoms with Crippen molar-refractivity contribution in [3.8, 4) is 0 Å². The molecule has 0 N–H and O–H groups in total. The monoisotopic (exact) mass is 382 g/mol. The van der Waals surface area contributed by atoms with E-state index < -0.39 is 0 Å². The van der Waals surface area contributed by atoms with E-state index in [0.717, 1.165) is 29.6 Å². The van der Waals surface area contributed by atoms with Crippen molar-refractivity contribution in [3.05, 3.63) is 23.8 Å². The fourth-order valence-electron chi connectivity index (χ4n) is 10.2. The maximum absolute atomic E-state index is 4.48. The van der Waals surface area contributed by atoms with Crippen LogP contribution in [0.25, 0.3) is 0 Å². The molecule has 0 amide bonds. The smallest absolute Gasteiger partial charge is 0 e. The van der Waals surface area contributed by atoms with E-state index in [9.17, 15) is 0 Å². The molecule has 0 heterocycles. The van der Waals surface area contributed by atoms with E-state index in [2.05, 4.69) is 40.3 Å². The summed E-state index contributed by atoms with van der Waals surface area (Å²) >= 11 is 0.